The molecule has 0 saturated heterocycles. The van der Waals surface area contributed by atoms with Crippen LogP contribution in [0.5, 0.6) is 5.75 Å². The third kappa shape index (κ3) is 3.45. The van der Waals surface area contributed by atoms with Crippen molar-refractivity contribution in [3.8, 4) is 5.75 Å². The summed E-state index contributed by atoms with van der Waals surface area (Å²) in [6.45, 7) is 3.39. The van der Waals surface area contributed by atoms with Gasteiger partial charge in [0.2, 0.25) is 0 Å². The molecular formula is C15H14NO. The van der Waals surface area contributed by atoms with E-state index in [1.807, 2.05) is 42.5 Å². The monoisotopic (exact) mass is 224 g/mol. The van der Waals surface area contributed by atoms with Gasteiger partial charge in [-0.2, -0.15) is 0 Å². The van der Waals surface area contributed by atoms with E-state index < -0.39 is 0 Å². The Hall–Kier alpha value is -2.09. The lowest BCUT2D eigenvalue weighted by molar-refractivity contribution is 0.550. The number of ether oxygens (including phenoxy) is 1. The molecule has 1 N–H and O–H groups in total. The highest BCUT2D eigenvalue weighted by atomic mass is 16.5. The minimum atomic E-state index is -0.0409. The van der Waals surface area contributed by atoms with Gasteiger partial charge in [-0.1, -0.05) is 42.5 Å². The Morgan fingerprint density at radius 3 is 2.12 bits per heavy atom. The van der Waals surface area contributed by atoms with Crippen LogP contribution in [0.25, 0.3) is 0 Å². The first kappa shape index (κ1) is 11.4. The standard InChI is InChI=1S/C15H14NO/c1-12(16)17-15-9-7-14(8-10-15)11-13-5-3-2-4-6-13/h2-10,16H,1,11H2. The van der Waals surface area contributed by atoms with Gasteiger partial charge in [-0.15, -0.1) is 0 Å². The largest absolute Gasteiger partial charge is 0.444 e. The quantitative estimate of drug-likeness (QED) is 0.628. The van der Waals surface area contributed by atoms with Gasteiger partial charge >= 0.3 is 0 Å². The minimum Gasteiger partial charge on any atom is -0.444 e. The molecule has 0 amide bonds. The first-order valence-electron chi connectivity index (χ1n) is 5.45. The van der Waals surface area contributed by atoms with Crippen LogP contribution in [-0.2, 0) is 6.42 Å². The third-order valence-electron chi connectivity index (χ3n) is 2.42. The number of hydrogen-bond acceptors (Lipinski definition) is 2. The second kappa shape index (κ2) is 5.30. The van der Waals surface area contributed by atoms with Crippen LogP contribution in [-0.4, -0.2) is 5.90 Å². The molecule has 0 fully saturated rings. The molecule has 0 unspecified atom stereocenters. The zero-order valence-electron chi connectivity index (χ0n) is 9.52. The Morgan fingerprint density at radius 1 is 0.941 bits per heavy atom. The Balaban J connectivity index is 2.06. The molecule has 0 saturated carbocycles. The maximum atomic E-state index is 7.13. The van der Waals surface area contributed by atoms with E-state index in [9.17, 15) is 0 Å². The Bertz CT molecular complexity index is 488. The summed E-state index contributed by atoms with van der Waals surface area (Å²) in [7, 11) is 0. The van der Waals surface area contributed by atoms with Crippen molar-refractivity contribution in [3.05, 3.63) is 72.6 Å². The Kier molecular flexibility index (Phi) is 3.55. The van der Waals surface area contributed by atoms with E-state index >= 15 is 0 Å². The summed E-state index contributed by atoms with van der Waals surface area (Å²) in [5, 5.41) is 7.13. The van der Waals surface area contributed by atoms with Gasteiger partial charge in [0, 0.05) is 6.92 Å². The number of hydrogen-bond donors (Lipinski definition) is 1. The molecule has 0 bridgehead atoms. The highest BCUT2D eigenvalue weighted by molar-refractivity contribution is 5.79. The summed E-state index contributed by atoms with van der Waals surface area (Å²) in [4.78, 5) is 0. The van der Waals surface area contributed by atoms with Crippen LogP contribution >= 0.6 is 0 Å². The summed E-state index contributed by atoms with van der Waals surface area (Å²) in [5.41, 5.74) is 2.50. The van der Waals surface area contributed by atoms with Gasteiger partial charge in [-0.25, -0.2) is 0 Å². The number of rotatable bonds is 3. The average molecular weight is 224 g/mol. The molecule has 0 aromatic heterocycles. The first-order valence-corrected chi connectivity index (χ1v) is 5.45. The first-order chi connectivity index (χ1) is 8.24. The molecule has 2 aromatic carbocycles. The summed E-state index contributed by atoms with van der Waals surface area (Å²) < 4.78 is 5.09. The minimum absolute atomic E-state index is 0.0409. The summed E-state index contributed by atoms with van der Waals surface area (Å²) >= 11 is 0. The van der Waals surface area contributed by atoms with E-state index in [0.29, 0.717) is 5.75 Å². The maximum absolute atomic E-state index is 7.13. The average Bonchev–Trinajstić information content (AvgIpc) is 2.32. The van der Waals surface area contributed by atoms with Crippen molar-refractivity contribution in [3.63, 3.8) is 0 Å². The number of nitrogens with one attached hydrogen (secondary N) is 1. The fourth-order valence-electron chi connectivity index (χ4n) is 1.65. The molecule has 1 radical (unpaired) electrons. The van der Waals surface area contributed by atoms with Crippen molar-refractivity contribution >= 4 is 5.90 Å². The van der Waals surface area contributed by atoms with E-state index in [1.165, 1.54) is 11.1 Å². The molecule has 0 aliphatic rings. The van der Waals surface area contributed by atoms with Crippen LogP contribution in [0.1, 0.15) is 11.1 Å². The predicted molar refractivity (Wildman–Crippen MR) is 69.4 cm³/mol. The molecule has 0 aliphatic heterocycles. The third-order valence-corrected chi connectivity index (χ3v) is 2.42. The number of benzene rings is 2. The van der Waals surface area contributed by atoms with Crippen LogP contribution in [0.4, 0.5) is 0 Å². The molecule has 2 aromatic rings. The SMILES string of the molecule is [CH2]C(=N)Oc1ccc(Cc2ccccc2)cc1. The van der Waals surface area contributed by atoms with E-state index in [2.05, 4.69) is 19.1 Å². The molecule has 0 atom stereocenters. The van der Waals surface area contributed by atoms with Gasteiger partial charge in [0.15, 0.2) is 5.90 Å². The van der Waals surface area contributed by atoms with Crippen LogP contribution in [0.2, 0.25) is 0 Å². The van der Waals surface area contributed by atoms with Crippen molar-refractivity contribution in [2.75, 3.05) is 0 Å². The molecule has 0 heterocycles. The van der Waals surface area contributed by atoms with Crippen LogP contribution < -0.4 is 4.74 Å². The lowest BCUT2D eigenvalue weighted by Gasteiger charge is -2.05. The van der Waals surface area contributed by atoms with Gasteiger partial charge < -0.3 is 4.74 Å². The zero-order valence-corrected chi connectivity index (χ0v) is 9.52. The normalized spacial score (nSPS) is 9.94. The van der Waals surface area contributed by atoms with Crippen LogP contribution in [0, 0.1) is 12.3 Å². The molecule has 2 nitrogen and oxygen atoms in total. The van der Waals surface area contributed by atoms with Crippen LogP contribution in [0.15, 0.2) is 54.6 Å². The zero-order chi connectivity index (χ0) is 12.1. The second-order valence-corrected chi connectivity index (χ2v) is 3.83. The van der Waals surface area contributed by atoms with Crippen molar-refractivity contribution in [2.24, 2.45) is 0 Å². The second-order valence-electron chi connectivity index (χ2n) is 3.83. The van der Waals surface area contributed by atoms with E-state index in [0.717, 1.165) is 6.42 Å². The van der Waals surface area contributed by atoms with Crippen molar-refractivity contribution in [1.82, 2.24) is 0 Å². The molecule has 17 heavy (non-hydrogen) atoms. The topological polar surface area (TPSA) is 33.1 Å². The fourth-order valence-corrected chi connectivity index (χ4v) is 1.65. The van der Waals surface area contributed by atoms with Crippen molar-refractivity contribution in [1.29, 1.82) is 5.41 Å². The predicted octanol–water partition coefficient (Wildman–Crippen LogP) is 3.47. The van der Waals surface area contributed by atoms with Gasteiger partial charge in [-0.3, -0.25) is 5.41 Å². The van der Waals surface area contributed by atoms with E-state index in [-0.39, 0.29) is 5.90 Å². The van der Waals surface area contributed by atoms with E-state index in [1.54, 1.807) is 0 Å². The van der Waals surface area contributed by atoms with Crippen molar-refractivity contribution < 1.29 is 4.74 Å². The van der Waals surface area contributed by atoms with Gasteiger partial charge in [-0.05, 0) is 29.7 Å². The Labute approximate surface area is 101 Å². The smallest absolute Gasteiger partial charge is 0.187 e. The molecule has 2 rings (SSSR count). The van der Waals surface area contributed by atoms with Gasteiger partial charge in [0.25, 0.3) is 0 Å². The molecule has 0 spiro atoms. The summed E-state index contributed by atoms with van der Waals surface area (Å²) in [6.07, 6.45) is 0.906. The highest BCUT2D eigenvalue weighted by Crippen LogP contribution is 2.15. The highest BCUT2D eigenvalue weighted by Gasteiger charge is 1.98. The van der Waals surface area contributed by atoms with Crippen LogP contribution in [0.3, 0.4) is 0 Å². The van der Waals surface area contributed by atoms with Gasteiger partial charge in [0.05, 0.1) is 0 Å². The Morgan fingerprint density at radius 2 is 1.53 bits per heavy atom. The molecular weight excluding hydrogens is 210 g/mol. The summed E-state index contributed by atoms with van der Waals surface area (Å²) in [5.74, 6) is 0.614. The van der Waals surface area contributed by atoms with Gasteiger partial charge in [0.1, 0.15) is 5.75 Å². The lowest BCUT2D eigenvalue weighted by atomic mass is 10.1. The van der Waals surface area contributed by atoms with Crippen molar-refractivity contribution in [2.45, 2.75) is 6.42 Å². The molecule has 85 valence electrons. The fraction of sp³-hybridized carbons (Fsp3) is 0.0667. The lowest BCUT2D eigenvalue weighted by Crippen LogP contribution is -2.00. The van der Waals surface area contributed by atoms with E-state index in [4.69, 9.17) is 10.1 Å². The molecule has 2 heteroatoms. The summed E-state index contributed by atoms with van der Waals surface area (Å²) in [6, 6.07) is 18.0. The molecule has 0 aliphatic carbocycles. The maximum Gasteiger partial charge on any atom is 0.187 e.